The zero-order valence-electron chi connectivity index (χ0n) is 8.36. The molecular formula is C10H14F3NO. The first-order chi connectivity index (χ1) is 6.93. The second kappa shape index (κ2) is 3.12. The summed E-state index contributed by atoms with van der Waals surface area (Å²) in [5.74, 6) is 0. The van der Waals surface area contributed by atoms with E-state index in [1.807, 2.05) is 0 Å². The molecule has 0 radical (unpaired) electrons. The number of nitrogens with one attached hydrogen (secondary N) is 1. The molecule has 5 heteroatoms. The van der Waals surface area contributed by atoms with E-state index in [0.29, 0.717) is 25.7 Å². The molecule has 3 saturated carbocycles. The highest BCUT2D eigenvalue weighted by atomic mass is 19.4. The molecular weight excluding hydrogens is 207 g/mol. The first-order valence-corrected chi connectivity index (χ1v) is 5.21. The monoisotopic (exact) mass is 221 g/mol. The Balaban J connectivity index is 2.14. The fraction of sp³-hybridized carbons (Fsp3) is 0.900. The van der Waals surface area contributed by atoms with Crippen molar-refractivity contribution in [2.24, 2.45) is 5.41 Å². The van der Waals surface area contributed by atoms with Crippen LogP contribution in [0.2, 0.25) is 0 Å². The Morgan fingerprint density at radius 1 is 1.00 bits per heavy atom. The van der Waals surface area contributed by atoms with Crippen molar-refractivity contribution in [1.82, 2.24) is 5.32 Å². The molecule has 86 valence electrons. The van der Waals surface area contributed by atoms with Crippen LogP contribution in [0.3, 0.4) is 0 Å². The number of carbonyl (C=O) groups is 1. The SMILES string of the molecule is O=CNC12CCC(C(F)(F)F)(CC1)CC2. The van der Waals surface area contributed by atoms with Crippen LogP contribution in [-0.2, 0) is 4.79 Å². The zero-order chi connectivity index (χ0) is 11.2. The van der Waals surface area contributed by atoms with Gasteiger partial charge in [0.2, 0.25) is 6.41 Å². The minimum atomic E-state index is -4.08. The van der Waals surface area contributed by atoms with Gasteiger partial charge in [0.25, 0.3) is 0 Å². The van der Waals surface area contributed by atoms with Gasteiger partial charge in [-0.25, -0.2) is 0 Å². The predicted octanol–water partition coefficient (Wildman–Crippen LogP) is 2.39. The number of amides is 1. The lowest BCUT2D eigenvalue weighted by molar-refractivity contribution is -0.253. The average Bonchev–Trinajstić information content (AvgIpc) is 2.19. The second-order valence-electron chi connectivity index (χ2n) is 4.82. The molecule has 2 bridgehead atoms. The first-order valence-electron chi connectivity index (χ1n) is 5.21. The number of rotatable bonds is 2. The van der Waals surface area contributed by atoms with Crippen LogP contribution in [-0.4, -0.2) is 18.1 Å². The molecule has 0 aromatic rings. The summed E-state index contributed by atoms with van der Waals surface area (Å²) in [6.07, 6.45) is -1.58. The van der Waals surface area contributed by atoms with Crippen LogP contribution < -0.4 is 5.32 Å². The zero-order valence-corrected chi connectivity index (χ0v) is 8.36. The van der Waals surface area contributed by atoms with E-state index in [0.717, 1.165) is 0 Å². The van der Waals surface area contributed by atoms with Crippen molar-refractivity contribution in [2.75, 3.05) is 0 Å². The highest BCUT2D eigenvalue weighted by Gasteiger charge is 2.61. The van der Waals surface area contributed by atoms with Crippen molar-refractivity contribution in [2.45, 2.75) is 50.2 Å². The largest absolute Gasteiger partial charge is 0.394 e. The van der Waals surface area contributed by atoms with E-state index in [1.165, 1.54) is 0 Å². The molecule has 2 nitrogen and oxygen atoms in total. The van der Waals surface area contributed by atoms with Gasteiger partial charge in [0, 0.05) is 5.54 Å². The summed E-state index contributed by atoms with van der Waals surface area (Å²) < 4.78 is 38.5. The smallest absolute Gasteiger partial charge is 0.353 e. The molecule has 0 unspecified atom stereocenters. The molecule has 3 rings (SSSR count). The van der Waals surface area contributed by atoms with Gasteiger partial charge in [0.1, 0.15) is 0 Å². The van der Waals surface area contributed by atoms with E-state index in [4.69, 9.17) is 0 Å². The molecule has 3 aliphatic carbocycles. The Kier molecular flexibility index (Phi) is 2.24. The Morgan fingerprint density at radius 3 is 1.80 bits per heavy atom. The Hall–Kier alpha value is -0.740. The van der Waals surface area contributed by atoms with Gasteiger partial charge in [-0.2, -0.15) is 13.2 Å². The first kappa shape index (κ1) is 10.8. The van der Waals surface area contributed by atoms with Crippen molar-refractivity contribution in [3.05, 3.63) is 0 Å². The average molecular weight is 221 g/mol. The quantitative estimate of drug-likeness (QED) is 0.713. The van der Waals surface area contributed by atoms with E-state index < -0.39 is 11.6 Å². The van der Waals surface area contributed by atoms with Gasteiger partial charge < -0.3 is 5.32 Å². The maximum absolute atomic E-state index is 12.8. The third-order valence-corrected chi connectivity index (χ3v) is 4.21. The number of fused-ring (bicyclic) bond motifs is 3. The van der Waals surface area contributed by atoms with Crippen LogP contribution in [0.15, 0.2) is 0 Å². The molecule has 1 N–H and O–H groups in total. The third-order valence-electron chi connectivity index (χ3n) is 4.21. The molecule has 0 atom stereocenters. The maximum Gasteiger partial charge on any atom is 0.394 e. The number of halogens is 3. The van der Waals surface area contributed by atoms with Crippen LogP contribution in [0.1, 0.15) is 38.5 Å². The predicted molar refractivity (Wildman–Crippen MR) is 48.1 cm³/mol. The van der Waals surface area contributed by atoms with Crippen molar-refractivity contribution >= 4 is 6.41 Å². The van der Waals surface area contributed by atoms with E-state index >= 15 is 0 Å². The van der Waals surface area contributed by atoms with Crippen molar-refractivity contribution in [3.8, 4) is 0 Å². The lowest BCUT2D eigenvalue weighted by Crippen LogP contribution is -2.58. The summed E-state index contributed by atoms with van der Waals surface area (Å²) in [7, 11) is 0. The minimum absolute atomic E-state index is 0.164. The van der Waals surface area contributed by atoms with Crippen molar-refractivity contribution in [3.63, 3.8) is 0 Å². The molecule has 3 fully saturated rings. The topological polar surface area (TPSA) is 29.1 Å². The molecule has 1 amide bonds. The molecule has 0 heterocycles. The number of alkyl halides is 3. The van der Waals surface area contributed by atoms with Crippen LogP contribution in [0.25, 0.3) is 0 Å². The van der Waals surface area contributed by atoms with Crippen LogP contribution in [0.5, 0.6) is 0 Å². The molecule has 0 spiro atoms. The fourth-order valence-electron chi connectivity index (χ4n) is 2.95. The Morgan fingerprint density at radius 2 is 1.47 bits per heavy atom. The summed E-state index contributed by atoms with van der Waals surface area (Å²) in [4.78, 5) is 10.4. The van der Waals surface area contributed by atoms with Gasteiger partial charge in [0.05, 0.1) is 5.41 Å². The van der Waals surface area contributed by atoms with E-state index in [2.05, 4.69) is 5.32 Å². The molecule has 15 heavy (non-hydrogen) atoms. The number of hydrogen-bond acceptors (Lipinski definition) is 1. The Bertz CT molecular complexity index is 250. The van der Waals surface area contributed by atoms with E-state index in [9.17, 15) is 18.0 Å². The Labute approximate surface area is 86.2 Å². The van der Waals surface area contributed by atoms with Crippen LogP contribution >= 0.6 is 0 Å². The van der Waals surface area contributed by atoms with Gasteiger partial charge in [-0.15, -0.1) is 0 Å². The highest BCUT2D eigenvalue weighted by Crippen LogP contribution is 2.59. The maximum atomic E-state index is 12.8. The standard InChI is InChI=1S/C10H14F3NO/c11-10(12,13)8-1-4-9(5-2-8,6-3-8)14-7-15/h7H,1-6H2,(H,14,15). The van der Waals surface area contributed by atoms with E-state index in [-0.39, 0.29) is 24.8 Å². The molecule has 3 aliphatic rings. The molecule has 0 saturated heterocycles. The van der Waals surface area contributed by atoms with E-state index in [1.54, 1.807) is 0 Å². The lowest BCUT2D eigenvalue weighted by atomic mass is 9.57. The summed E-state index contributed by atoms with van der Waals surface area (Å²) in [6, 6.07) is 0. The molecule has 0 aromatic heterocycles. The third kappa shape index (κ3) is 1.52. The van der Waals surface area contributed by atoms with Crippen LogP contribution in [0, 0.1) is 5.41 Å². The van der Waals surface area contributed by atoms with Gasteiger partial charge in [-0.1, -0.05) is 0 Å². The minimum Gasteiger partial charge on any atom is -0.353 e. The summed E-state index contributed by atoms with van der Waals surface area (Å²) in [5, 5.41) is 2.71. The normalized spacial score (nSPS) is 40.2. The van der Waals surface area contributed by atoms with Gasteiger partial charge in [0.15, 0.2) is 0 Å². The lowest BCUT2D eigenvalue weighted by Gasteiger charge is -2.53. The highest BCUT2D eigenvalue weighted by molar-refractivity contribution is 5.48. The molecule has 0 aromatic carbocycles. The summed E-state index contributed by atoms with van der Waals surface area (Å²) in [6.45, 7) is 0. The van der Waals surface area contributed by atoms with Crippen molar-refractivity contribution in [1.29, 1.82) is 0 Å². The summed E-state index contributed by atoms with van der Waals surface area (Å²) >= 11 is 0. The van der Waals surface area contributed by atoms with Gasteiger partial charge in [-0.3, -0.25) is 4.79 Å². The summed E-state index contributed by atoms with van der Waals surface area (Å²) in [5.41, 5.74) is -1.80. The fourth-order valence-corrected chi connectivity index (χ4v) is 2.95. The number of carbonyl (C=O) groups excluding carboxylic acids is 1. The van der Waals surface area contributed by atoms with Gasteiger partial charge >= 0.3 is 6.18 Å². The number of hydrogen-bond donors (Lipinski definition) is 1. The van der Waals surface area contributed by atoms with Crippen LogP contribution in [0.4, 0.5) is 13.2 Å². The van der Waals surface area contributed by atoms with Crippen molar-refractivity contribution < 1.29 is 18.0 Å². The second-order valence-corrected chi connectivity index (χ2v) is 4.82. The van der Waals surface area contributed by atoms with Gasteiger partial charge in [-0.05, 0) is 38.5 Å². The molecule has 0 aliphatic heterocycles.